The Morgan fingerprint density at radius 2 is 1.95 bits per heavy atom. The molecule has 1 aliphatic carbocycles. The molecule has 1 spiro atoms. The molecule has 0 bridgehead atoms. The number of rotatable bonds is 2. The molecule has 112 valence electrons. The van der Waals surface area contributed by atoms with E-state index >= 15 is 0 Å². The number of piperidine rings is 1. The third kappa shape index (κ3) is 2.43. The molecule has 2 aliphatic heterocycles. The Morgan fingerprint density at radius 3 is 2.60 bits per heavy atom. The summed E-state index contributed by atoms with van der Waals surface area (Å²) < 4.78 is 0. The average molecular weight is 279 g/mol. The van der Waals surface area contributed by atoms with Crippen LogP contribution in [0, 0.1) is 5.92 Å². The number of carbonyl (C=O) groups excluding carboxylic acids is 2. The highest BCUT2D eigenvalue weighted by atomic mass is 16.2. The van der Waals surface area contributed by atoms with E-state index < -0.39 is 5.54 Å². The van der Waals surface area contributed by atoms with Crippen molar-refractivity contribution in [3.05, 3.63) is 0 Å². The molecule has 0 aromatic carbocycles. The molecule has 2 N–H and O–H groups in total. The fourth-order valence-electron chi connectivity index (χ4n) is 3.74. The van der Waals surface area contributed by atoms with E-state index in [1.807, 2.05) is 0 Å². The van der Waals surface area contributed by atoms with E-state index in [9.17, 15) is 9.59 Å². The SMILES string of the molecule is CC1CCC2(CC1)NC(=O)N(CC1CCCCN1)C2=O. The zero-order valence-electron chi connectivity index (χ0n) is 12.3. The first kappa shape index (κ1) is 13.9. The Kier molecular flexibility index (Phi) is 3.71. The van der Waals surface area contributed by atoms with Gasteiger partial charge in [0.15, 0.2) is 0 Å². The number of nitrogens with zero attached hydrogens (tertiary/aromatic N) is 1. The summed E-state index contributed by atoms with van der Waals surface area (Å²) in [4.78, 5) is 26.3. The summed E-state index contributed by atoms with van der Waals surface area (Å²) in [5, 5.41) is 6.40. The van der Waals surface area contributed by atoms with Gasteiger partial charge in [-0.3, -0.25) is 9.69 Å². The highest BCUT2D eigenvalue weighted by Crippen LogP contribution is 2.36. The molecule has 3 amide bonds. The maximum Gasteiger partial charge on any atom is 0.325 e. The quantitative estimate of drug-likeness (QED) is 0.755. The topological polar surface area (TPSA) is 61.4 Å². The van der Waals surface area contributed by atoms with E-state index in [2.05, 4.69) is 17.6 Å². The molecule has 3 fully saturated rings. The van der Waals surface area contributed by atoms with Crippen LogP contribution >= 0.6 is 0 Å². The standard InChI is InChI=1S/C15H25N3O2/c1-11-5-7-15(8-6-11)13(19)18(14(20)17-15)10-12-4-2-3-9-16-12/h11-12,16H,2-10H2,1H3,(H,17,20). The van der Waals surface area contributed by atoms with E-state index in [1.165, 1.54) is 17.7 Å². The predicted octanol–water partition coefficient (Wildman–Crippen LogP) is 1.63. The number of urea groups is 1. The Bertz CT molecular complexity index is 396. The second-order valence-electron chi connectivity index (χ2n) is 6.76. The third-order valence-electron chi connectivity index (χ3n) is 5.19. The van der Waals surface area contributed by atoms with Gasteiger partial charge in [-0.2, -0.15) is 0 Å². The normalized spacial score (nSPS) is 38.4. The molecular formula is C15H25N3O2. The van der Waals surface area contributed by atoms with Crippen molar-refractivity contribution in [3.63, 3.8) is 0 Å². The van der Waals surface area contributed by atoms with Crippen molar-refractivity contribution >= 4 is 11.9 Å². The maximum absolute atomic E-state index is 12.7. The van der Waals surface area contributed by atoms with Crippen LogP contribution in [0.5, 0.6) is 0 Å². The lowest BCUT2D eigenvalue weighted by molar-refractivity contribution is -0.133. The first-order valence-corrected chi connectivity index (χ1v) is 7.98. The van der Waals surface area contributed by atoms with Crippen LogP contribution in [-0.2, 0) is 4.79 Å². The van der Waals surface area contributed by atoms with Gasteiger partial charge in [-0.15, -0.1) is 0 Å². The highest BCUT2D eigenvalue weighted by Gasteiger charge is 2.52. The highest BCUT2D eigenvalue weighted by molar-refractivity contribution is 6.07. The van der Waals surface area contributed by atoms with Gasteiger partial charge in [0.1, 0.15) is 5.54 Å². The van der Waals surface area contributed by atoms with Crippen molar-refractivity contribution in [2.24, 2.45) is 5.92 Å². The van der Waals surface area contributed by atoms with Crippen LogP contribution in [0.4, 0.5) is 4.79 Å². The van der Waals surface area contributed by atoms with Gasteiger partial charge in [0.25, 0.3) is 5.91 Å². The van der Waals surface area contributed by atoms with Gasteiger partial charge in [0.2, 0.25) is 0 Å². The Balaban J connectivity index is 1.67. The van der Waals surface area contributed by atoms with Gasteiger partial charge < -0.3 is 10.6 Å². The molecule has 0 radical (unpaired) electrons. The molecule has 2 heterocycles. The minimum atomic E-state index is -0.585. The van der Waals surface area contributed by atoms with Crippen LogP contribution in [0.25, 0.3) is 0 Å². The fraction of sp³-hybridized carbons (Fsp3) is 0.867. The molecule has 1 atom stereocenters. The van der Waals surface area contributed by atoms with Crippen LogP contribution < -0.4 is 10.6 Å². The van der Waals surface area contributed by atoms with Gasteiger partial charge in [0.05, 0.1) is 0 Å². The number of carbonyl (C=O) groups is 2. The Morgan fingerprint density at radius 1 is 1.20 bits per heavy atom. The average Bonchev–Trinajstić information content (AvgIpc) is 2.68. The zero-order chi connectivity index (χ0) is 14.2. The Labute approximate surface area is 120 Å². The van der Waals surface area contributed by atoms with Crippen molar-refractivity contribution in [2.75, 3.05) is 13.1 Å². The Hall–Kier alpha value is -1.10. The first-order chi connectivity index (χ1) is 9.61. The number of hydrogen-bond donors (Lipinski definition) is 2. The smallest absolute Gasteiger partial charge is 0.323 e. The number of hydrogen-bond acceptors (Lipinski definition) is 3. The molecule has 0 aromatic rings. The largest absolute Gasteiger partial charge is 0.325 e. The molecule has 2 saturated heterocycles. The van der Waals surface area contributed by atoms with Gasteiger partial charge in [0, 0.05) is 12.6 Å². The van der Waals surface area contributed by atoms with Crippen molar-refractivity contribution < 1.29 is 9.59 Å². The summed E-state index contributed by atoms with van der Waals surface area (Å²) in [6.45, 7) is 3.75. The van der Waals surface area contributed by atoms with E-state index in [0.29, 0.717) is 12.5 Å². The van der Waals surface area contributed by atoms with Crippen LogP contribution in [0.3, 0.4) is 0 Å². The molecule has 0 aromatic heterocycles. The van der Waals surface area contributed by atoms with Crippen molar-refractivity contribution in [1.82, 2.24) is 15.5 Å². The molecule has 3 rings (SSSR count). The van der Waals surface area contributed by atoms with E-state index in [-0.39, 0.29) is 18.0 Å². The third-order valence-corrected chi connectivity index (χ3v) is 5.19. The summed E-state index contributed by atoms with van der Waals surface area (Å²) >= 11 is 0. The fourth-order valence-corrected chi connectivity index (χ4v) is 3.74. The molecule has 3 aliphatic rings. The minimum absolute atomic E-state index is 0.0155. The summed E-state index contributed by atoms with van der Waals surface area (Å²) in [6.07, 6.45) is 7.09. The molecule has 5 nitrogen and oxygen atoms in total. The molecule has 1 unspecified atom stereocenters. The number of imide groups is 1. The summed E-state index contributed by atoms with van der Waals surface area (Å²) in [5.74, 6) is 0.682. The van der Waals surface area contributed by atoms with Crippen molar-refractivity contribution in [2.45, 2.75) is 63.5 Å². The maximum atomic E-state index is 12.7. The number of nitrogens with one attached hydrogen (secondary N) is 2. The lowest BCUT2D eigenvalue weighted by atomic mass is 9.77. The summed E-state index contributed by atoms with van der Waals surface area (Å²) in [5.41, 5.74) is -0.585. The molecule has 1 saturated carbocycles. The van der Waals surface area contributed by atoms with Crippen LogP contribution in [0.1, 0.15) is 51.9 Å². The summed E-state index contributed by atoms with van der Waals surface area (Å²) in [7, 11) is 0. The minimum Gasteiger partial charge on any atom is -0.323 e. The second-order valence-corrected chi connectivity index (χ2v) is 6.76. The monoisotopic (exact) mass is 279 g/mol. The van der Waals surface area contributed by atoms with Crippen molar-refractivity contribution in [3.8, 4) is 0 Å². The van der Waals surface area contributed by atoms with Gasteiger partial charge in [-0.25, -0.2) is 4.79 Å². The molecule has 5 heteroatoms. The van der Waals surface area contributed by atoms with E-state index in [0.717, 1.165) is 38.6 Å². The van der Waals surface area contributed by atoms with E-state index in [4.69, 9.17) is 0 Å². The van der Waals surface area contributed by atoms with E-state index in [1.54, 1.807) is 0 Å². The van der Waals surface area contributed by atoms with Crippen LogP contribution in [-0.4, -0.2) is 41.5 Å². The number of amides is 3. The van der Waals surface area contributed by atoms with Crippen LogP contribution in [0.2, 0.25) is 0 Å². The molecule has 20 heavy (non-hydrogen) atoms. The second kappa shape index (κ2) is 5.35. The summed E-state index contributed by atoms with van der Waals surface area (Å²) in [6, 6.07) is 0.0908. The van der Waals surface area contributed by atoms with Crippen molar-refractivity contribution in [1.29, 1.82) is 0 Å². The first-order valence-electron chi connectivity index (χ1n) is 7.98. The lowest BCUT2D eigenvalue weighted by Gasteiger charge is -2.34. The van der Waals surface area contributed by atoms with Gasteiger partial charge in [-0.1, -0.05) is 13.3 Å². The zero-order valence-corrected chi connectivity index (χ0v) is 12.3. The predicted molar refractivity (Wildman–Crippen MR) is 76.2 cm³/mol. The van der Waals surface area contributed by atoms with Crippen LogP contribution in [0.15, 0.2) is 0 Å². The van der Waals surface area contributed by atoms with Gasteiger partial charge >= 0.3 is 6.03 Å². The van der Waals surface area contributed by atoms with Gasteiger partial charge in [-0.05, 0) is 51.0 Å². The lowest BCUT2D eigenvalue weighted by Crippen LogP contribution is -2.50. The molecular weight excluding hydrogens is 254 g/mol.